The lowest BCUT2D eigenvalue weighted by Crippen LogP contribution is -2.37. The molecule has 0 aromatic carbocycles. The number of rotatable bonds is 2. The molecule has 1 aromatic heterocycles. The van der Waals surface area contributed by atoms with Crippen molar-refractivity contribution in [3.8, 4) is 0 Å². The van der Waals surface area contributed by atoms with Gasteiger partial charge in [0.2, 0.25) is 10.0 Å². The first-order valence-corrected chi connectivity index (χ1v) is 6.05. The summed E-state index contributed by atoms with van der Waals surface area (Å²) >= 11 is 0. The van der Waals surface area contributed by atoms with Crippen molar-refractivity contribution in [1.82, 2.24) is 9.29 Å². The van der Waals surface area contributed by atoms with Crippen molar-refractivity contribution in [3.63, 3.8) is 0 Å². The molecule has 1 aliphatic rings. The van der Waals surface area contributed by atoms with Crippen molar-refractivity contribution in [2.75, 3.05) is 12.8 Å². The quantitative estimate of drug-likeness (QED) is 0.748. The SMILES string of the molecule is CS(=O)(=O)n1cccc1C1CCN1. The third-order valence-corrected chi connectivity index (χ3v) is 3.33. The third kappa shape index (κ3) is 1.49. The topological polar surface area (TPSA) is 51.1 Å². The summed E-state index contributed by atoms with van der Waals surface area (Å²) in [5.41, 5.74) is 0.841. The molecule has 0 amide bonds. The Morgan fingerprint density at radius 3 is 2.77 bits per heavy atom. The van der Waals surface area contributed by atoms with E-state index in [1.54, 1.807) is 12.3 Å². The zero-order valence-electron chi connectivity index (χ0n) is 7.40. The zero-order valence-corrected chi connectivity index (χ0v) is 8.21. The van der Waals surface area contributed by atoms with E-state index >= 15 is 0 Å². The predicted octanol–water partition coefficient (Wildman–Crippen LogP) is 0.330. The van der Waals surface area contributed by atoms with Gasteiger partial charge in [-0.25, -0.2) is 12.4 Å². The maximum Gasteiger partial charge on any atom is 0.235 e. The van der Waals surface area contributed by atoms with Crippen molar-refractivity contribution < 1.29 is 8.42 Å². The van der Waals surface area contributed by atoms with Crippen LogP contribution < -0.4 is 5.32 Å². The lowest BCUT2D eigenvalue weighted by Gasteiger charge is -2.28. The summed E-state index contributed by atoms with van der Waals surface area (Å²) in [6.07, 6.45) is 3.82. The van der Waals surface area contributed by atoms with Gasteiger partial charge in [0.25, 0.3) is 0 Å². The highest BCUT2D eigenvalue weighted by molar-refractivity contribution is 7.89. The maximum atomic E-state index is 11.3. The summed E-state index contributed by atoms with van der Waals surface area (Å²) in [6.45, 7) is 0.972. The van der Waals surface area contributed by atoms with Gasteiger partial charge in [0.05, 0.1) is 11.9 Å². The molecule has 1 atom stereocenters. The highest BCUT2D eigenvalue weighted by atomic mass is 32.2. The Morgan fingerprint density at radius 2 is 2.31 bits per heavy atom. The summed E-state index contributed by atoms with van der Waals surface area (Å²) in [5.74, 6) is 0. The Labute approximate surface area is 77.6 Å². The molecule has 1 aromatic rings. The molecule has 4 nitrogen and oxygen atoms in total. The van der Waals surface area contributed by atoms with Gasteiger partial charge in [-0.3, -0.25) is 0 Å². The van der Waals surface area contributed by atoms with E-state index in [-0.39, 0.29) is 6.04 Å². The summed E-state index contributed by atoms with van der Waals surface area (Å²) < 4.78 is 23.9. The van der Waals surface area contributed by atoms with Crippen LogP contribution in [0.25, 0.3) is 0 Å². The number of nitrogens with zero attached hydrogens (tertiary/aromatic N) is 1. The van der Waals surface area contributed by atoms with Gasteiger partial charge in [-0.2, -0.15) is 0 Å². The van der Waals surface area contributed by atoms with Crippen LogP contribution in [0.4, 0.5) is 0 Å². The summed E-state index contributed by atoms with van der Waals surface area (Å²) in [4.78, 5) is 0. The van der Waals surface area contributed by atoms with Crippen LogP contribution in [0.2, 0.25) is 0 Å². The molecule has 1 unspecified atom stereocenters. The molecule has 0 aliphatic carbocycles. The maximum absolute atomic E-state index is 11.3. The predicted molar refractivity (Wildman–Crippen MR) is 50.0 cm³/mol. The minimum absolute atomic E-state index is 0.213. The van der Waals surface area contributed by atoms with E-state index in [2.05, 4.69) is 5.32 Å². The van der Waals surface area contributed by atoms with Crippen molar-refractivity contribution in [3.05, 3.63) is 24.0 Å². The second-order valence-electron chi connectivity index (χ2n) is 3.29. The smallest absolute Gasteiger partial charge is 0.235 e. The molecule has 0 saturated carbocycles. The molecule has 1 N–H and O–H groups in total. The van der Waals surface area contributed by atoms with Crippen LogP contribution in [-0.4, -0.2) is 25.2 Å². The Bertz CT molecular complexity index is 404. The fourth-order valence-corrected chi connectivity index (χ4v) is 2.35. The van der Waals surface area contributed by atoms with Crippen LogP contribution in [0.5, 0.6) is 0 Å². The number of aromatic nitrogens is 1. The lowest BCUT2D eigenvalue weighted by atomic mass is 10.0. The van der Waals surface area contributed by atoms with Crippen molar-refractivity contribution in [1.29, 1.82) is 0 Å². The van der Waals surface area contributed by atoms with E-state index in [4.69, 9.17) is 0 Å². The molecule has 5 heteroatoms. The number of hydrogen-bond donors (Lipinski definition) is 1. The number of hydrogen-bond acceptors (Lipinski definition) is 3. The van der Waals surface area contributed by atoms with Crippen LogP contribution >= 0.6 is 0 Å². The third-order valence-electron chi connectivity index (χ3n) is 2.28. The zero-order chi connectivity index (χ0) is 9.47. The van der Waals surface area contributed by atoms with E-state index in [9.17, 15) is 8.42 Å². The molecular weight excluding hydrogens is 188 g/mol. The fourth-order valence-electron chi connectivity index (χ4n) is 1.49. The first kappa shape index (κ1) is 8.77. The van der Waals surface area contributed by atoms with Gasteiger partial charge >= 0.3 is 0 Å². The lowest BCUT2D eigenvalue weighted by molar-refractivity contribution is 0.373. The van der Waals surface area contributed by atoms with Gasteiger partial charge in [0.15, 0.2) is 0 Å². The van der Waals surface area contributed by atoms with Crippen LogP contribution in [0.15, 0.2) is 18.3 Å². The summed E-state index contributed by atoms with van der Waals surface area (Å²) in [7, 11) is -3.13. The minimum Gasteiger partial charge on any atom is -0.309 e. The average Bonchev–Trinajstić information content (AvgIpc) is 2.29. The van der Waals surface area contributed by atoms with Gasteiger partial charge in [0.1, 0.15) is 0 Å². The van der Waals surface area contributed by atoms with Gasteiger partial charge in [-0.15, -0.1) is 0 Å². The highest BCUT2D eigenvalue weighted by Crippen LogP contribution is 2.23. The molecular formula is C8H12N2O2S. The van der Waals surface area contributed by atoms with E-state index in [0.29, 0.717) is 0 Å². The Kier molecular flexibility index (Phi) is 1.92. The molecule has 0 spiro atoms. The largest absolute Gasteiger partial charge is 0.309 e. The second kappa shape index (κ2) is 2.85. The molecule has 2 rings (SSSR count). The first-order valence-electron chi connectivity index (χ1n) is 4.20. The van der Waals surface area contributed by atoms with Crippen molar-refractivity contribution in [2.24, 2.45) is 0 Å². The van der Waals surface area contributed by atoms with E-state index in [1.165, 1.54) is 10.2 Å². The van der Waals surface area contributed by atoms with Crippen LogP contribution in [0.3, 0.4) is 0 Å². The molecule has 1 saturated heterocycles. The Balaban J connectivity index is 2.41. The van der Waals surface area contributed by atoms with Crippen LogP contribution in [0.1, 0.15) is 18.2 Å². The molecule has 13 heavy (non-hydrogen) atoms. The number of nitrogens with one attached hydrogen (secondary N) is 1. The highest BCUT2D eigenvalue weighted by Gasteiger charge is 2.23. The first-order chi connectivity index (χ1) is 6.09. The molecule has 72 valence electrons. The molecule has 2 heterocycles. The summed E-state index contributed by atoms with van der Waals surface area (Å²) in [6, 6.07) is 3.82. The molecule has 0 radical (unpaired) electrons. The van der Waals surface area contributed by atoms with Crippen molar-refractivity contribution >= 4 is 10.0 Å². The van der Waals surface area contributed by atoms with Crippen LogP contribution in [-0.2, 0) is 10.0 Å². The molecule has 1 fully saturated rings. The van der Waals surface area contributed by atoms with Crippen LogP contribution in [0, 0.1) is 0 Å². The minimum atomic E-state index is -3.13. The van der Waals surface area contributed by atoms with Gasteiger partial charge in [-0.1, -0.05) is 0 Å². The standard InChI is InChI=1S/C8H12N2O2S/c1-13(11,12)10-6-2-3-8(10)7-4-5-9-7/h2-3,6-7,9H,4-5H2,1H3. The molecule has 0 bridgehead atoms. The Hall–Kier alpha value is -0.810. The van der Waals surface area contributed by atoms with Gasteiger partial charge in [-0.05, 0) is 25.1 Å². The normalized spacial score (nSPS) is 22.7. The second-order valence-corrected chi connectivity index (χ2v) is 5.15. The average molecular weight is 200 g/mol. The Morgan fingerprint density at radius 1 is 1.62 bits per heavy atom. The van der Waals surface area contributed by atoms with E-state index in [0.717, 1.165) is 18.7 Å². The van der Waals surface area contributed by atoms with E-state index in [1.807, 2.05) is 6.07 Å². The molecule has 1 aliphatic heterocycles. The van der Waals surface area contributed by atoms with Gasteiger partial charge < -0.3 is 5.32 Å². The van der Waals surface area contributed by atoms with Gasteiger partial charge in [0, 0.05) is 12.2 Å². The van der Waals surface area contributed by atoms with E-state index < -0.39 is 10.0 Å². The monoisotopic (exact) mass is 200 g/mol. The summed E-state index contributed by atoms with van der Waals surface area (Å²) in [5, 5.41) is 3.18. The fraction of sp³-hybridized carbons (Fsp3) is 0.500. The van der Waals surface area contributed by atoms with Crippen molar-refractivity contribution in [2.45, 2.75) is 12.5 Å².